The lowest BCUT2D eigenvalue weighted by atomic mass is 9.95. The van der Waals surface area contributed by atoms with Crippen LogP contribution in [0, 0.1) is 5.92 Å². The van der Waals surface area contributed by atoms with E-state index in [-0.39, 0.29) is 30.4 Å². The third kappa shape index (κ3) is 7.07. The number of carbonyl (C=O) groups excluding carboxylic acids is 3. The van der Waals surface area contributed by atoms with Gasteiger partial charge in [-0.25, -0.2) is 4.79 Å². The molecule has 0 unspecified atom stereocenters. The van der Waals surface area contributed by atoms with Crippen molar-refractivity contribution in [1.82, 2.24) is 4.90 Å². The van der Waals surface area contributed by atoms with Gasteiger partial charge in [0, 0.05) is 36.1 Å². The molecule has 0 aromatic heterocycles. The minimum atomic E-state index is -0.368. The molecule has 3 aromatic rings. The predicted molar refractivity (Wildman–Crippen MR) is 135 cm³/mol. The number of carbonyl (C=O) groups is 3. The first kappa shape index (κ1) is 23.8. The van der Waals surface area contributed by atoms with Crippen molar-refractivity contribution in [1.29, 1.82) is 0 Å². The summed E-state index contributed by atoms with van der Waals surface area (Å²) in [6, 6.07) is 25.0. The number of piperidine rings is 1. The third-order valence-corrected chi connectivity index (χ3v) is 5.74. The monoisotopic (exact) mass is 472 g/mol. The summed E-state index contributed by atoms with van der Waals surface area (Å²) in [6.45, 7) is 1.01. The highest BCUT2D eigenvalue weighted by atomic mass is 16.5. The minimum absolute atomic E-state index is 0.0154. The smallest absolute Gasteiger partial charge is 0.323 e. The molecule has 0 saturated carbocycles. The van der Waals surface area contributed by atoms with Gasteiger partial charge in [-0.15, -0.1) is 0 Å². The number of amides is 4. The second-order valence-corrected chi connectivity index (χ2v) is 8.27. The van der Waals surface area contributed by atoms with Gasteiger partial charge < -0.3 is 25.6 Å². The van der Waals surface area contributed by atoms with Crippen LogP contribution in [-0.4, -0.2) is 42.4 Å². The van der Waals surface area contributed by atoms with E-state index in [2.05, 4.69) is 16.0 Å². The van der Waals surface area contributed by atoms with Crippen molar-refractivity contribution in [3.63, 3.8) is 0 Å². The fourth-order valence-electron chi connectivity index (χ4n) is 3.88. The summed E-state index contributed by atoms with van der Waals surface area (Å²) in [7, 11) is 0. The van der Waals surface area contributed by atoms with Crippen LogP contribution in [0.1, 0.15) is 12.8 Å². The fraction of sp³-hybridized carbons (Fsp3) is 0.222. The largest absolute Gasteiger partial charge is 0.484 e. The number of rotatable bonds is 7. The van der Waals surface area contributed by atoms with Gasteiger partial charge in [-0.3, -0.25) is 9.59 Å². The second-order valence-electron chi connectivity index (χ2n) is 8.27. The number of nitrogens with one attached hydrogen (secondary N) is 3. The maximum absolute atomic E-state index is 12.8. The molecule has 1 heterocycles. The number of likely N-dealkylation sites (tertiary alicyclic amines) is 1. The molecule has 4 amide bonds. The Bertz CT molecular complexity index is 1150. The van der Waals surface area contributed by atoms with Crippen molar-refractivity contribution in [2.45, 2.75) is 12.8 Å². The summed E-state index contributed by atoms with van der Waals surface area (Å²) in [6.07, 6.45) is 1.17. The average molecular weight is 473 g/mol. The summed E-state index contributed by atoms with van der Waals surface area (Å²) >= 11 is 0. The highest BCUT2D eigenvalue weighted by Gasteiger charge is 2.27. The first-order valence-corrected chi connectivity index (χ1v) is 11.6. The Labute approximate surface area is 204 Å². The third-order valence-electron chi connectivity index (χ3n) is 5.74. The SMILES string of the molecule is O=C(Nc1ccccc1)Nc1cccc(NC(=O)C2CCN(C(=O)COc3ccccc3)CC2)c1. The number of anilines is 3. The van der Waals surface area contributed by atoms with Crippen LogP contribution in [0.25, 0.3) is 0 Å². The van der Waals surface area contributed by atoms with E-state index in [1.807, 2.05) is 48.5 Å². The summed E-state index contributed by atoms with van der Waals surface area (Å²) in [5.41, 5.74) is 1.85. The van der Waals surface area contributed by atoms with Crippen LogP contribution in [0.3, 0.4) is 0 Å². The molecule has 0 bridgehead atoms. The Kier molecular flexibility index (Phi) is 7.96. The first-order chi connectivity index (χ1) is 17.1. The number of hydrogen-bond donors (Lipinski definition) is 3. The second kappa shape index (κ2) is 11.7. The van der Waals surface area contributed by atoms with Gasteiger partial charge in [-0.05, 0) is 55.3 Å². The van der Waals surface area contributed by atoms with E-state index in [1.165, 1.54) is 0 Å². The van der Waals surface area contributed by atoms with Crippen molar-refractivity contribution in [3.8, 4) is 5.75 Å². The molecule has 0 atom stereocenters. The zero-order chi connectivity index (χ0) is 24.5. The summed E-state index contributed by atoms with van der Waals surface area (Å²) in [5, 5.41) is 8.45. The van der Waals surface area contributed by atoms with Crippen molar-refractivity contribution in [3.05, 3.63) is 84.9 Å². The van der Waals surface area contributed by atoms with Gasteiger partial charge in [-0.2, -0.15) is 0 Å². The van der Waals surface area contributed by atoms with Gasteiger partial charge in [0.05, 0.1) is 0 Å². The number of hydrogen-bond acceptors (Lipinski definition) is 4. The quantitative estimate of drug-likeness (QED) is 0.468. The van der Waals surface area contributed by atoms with E-state index >= 15 is 0 Å². The maximum Gasteiger partial charge on any atom is 0.323 e. The molecule has 3 aromatic carbocycles. The van der Waals surface area contributed by atoms with Gasteiger partial charge in [0.2, 0.25) is 5.91 Å². The van der Waals surface area contributed by atoms with Crippen LogP contribution in [0.4, 0.5) is 21.9 Å². The zero-order valence-electron chi connectivity index (χ0n) is 19.3. The summed E-state index contributed by atoms with van der Waals surface area (Å²) < 4.78 is 5.54. The molecule has 0 spiro atoms. The van der Waals surface area contributed by atoms with E-state index in [0.717, 1.165) is 0 Å². The van der Waals surface area contributed by atoms with E-state index in [0.29, 0.717) is 48.7 Å². The van der Waals surface area contributed by atoms with Gasteiger partial charge in [-0.1, -0.05) is 42.5 Å². The number of benzene rings is 3. The lowest BCUT2D eigenvalue weighted by Crippen LogP contribution is -2.43. The lowest BCUT2D eigenvalue weighted by molar-refractivity contribution is -0.136. The molecular formula is C27H28N4O4. The van der Waals surface area contributed by atoms with Crippen LogP contribution in [-0.2, 0) is 9.59 Å². The number of urea groups is 1. The standard InChI is InChI=1S/C27H28N4O4/c32-25(19-35-24-12-5-2-6-13-24)31-16-14-20(15-17-31)26(33)28-22-10-7-11-23(18-22)30-27(34)29-21-8-3-1-4-9-21/h1-13,18,20H,14-17,19H2,(H,28,33)(H2,29,30,34). The van der Waals surface area contributed by atoms with Gasteiger partial charge >= 0.3 is 6.03 Å². The molecule has 1 fully saturated rings. The fourth-order valence-corrected chi connectivity index (χ4v) is 3.88. The van der Waals surface area contributed by atoms with Gasteiger partial charge in [0.15, 0.2) is 6.61 Å². The minimum Gasteiger partial charge on any atom is -0.484 e. The highest BCUT2D eigenvalue weighted by molar-refractivity contribution is 6.00. The van der Waals surface area contributed by atoms with Crippen LogP contribution in [0.2, 0.25) is 0 Å². The van der Waals surface area contributed by atoms with Crippen molar-refractivity contribution >= 4 is 34.9 Å². The predicted octanol–water partition coefficient (Wildman–Crippen LogP) is 4.59. The molecular weight excluding hydrogens is 444 g/mol. The molecule has 1 aliphatic heterocycles. The topological polar surface area (TPSA) is 99.8 Å². The molecule has 0 aliphatic carbocycles. The van der Waals surface area contributed by atoms with Gasteiger partial charge in [0.1, 0.15) is 5.75 Å². The Balaban J connectivity index is 1.23. The molecule has 3 N–H and O–H groups in total. The van der Waals surface area contributed by atoms with Crippen molar-refractivity contribution < 1.29 is 19.1 Å². The van der Waals surface area contributed by atoms with Gasteiger partial charge in [0.25, 0.3) is 5.91 Å². The molecule has 1 saturated heterocycles. The number of nitrogens with zero attached hydrogens (tertiary/aromatic N) is 1. The molecule has 8 nitrogen and oxygen atoms in total. The lowest BCUT2D eigenvalue weighted by Gasteiger charge is -2.31. The summed E-state index contributed by atoms with van der Waals surface area (Å²) in [4.78, 5) is 39.2. The van der Waals surface area contributed by atoms with E-state index in [4.69, 9.17) is 4.74 Å². The van der Waals surface area contributed by atoms with Crippen LogP contribution >= 0.6 is 0 Å². The van der Waals surface area contributed by atoms with Crippen LogP contribution in [0.15, 0.2) is 84.9 Å². The van der Waals surface area contributed by atoms with Crippen LogP contribution in [0.5, 0.6) is 5.75 Å². The Morgan fingerprint density at radius 3 is 2.00 bits per heavy atom. The van der Waals surface area contributed by atoms with E-state index < -0.39 is 0 Å². The number of para-hydroxylation sites is 2. The molecule has 4 rings (SSSR count). The maximum atomic E-state index is 12.8. The normalized spacial score (nSPS) is 13.5. The Hall–Kier alpha value is -4.33. The Morgan fingerprint density at radius 2 is 1.31 bits per heavy atom. The number of ether oxygens (including phenoxy) is 1. The summed E-state index contributed by atoms with van der Waals surface area (Å²) in [5.74, 6) is 0.292. The molecule has 0 radical (unpaired) electrons. The molecule has 35 heavy (non-hydrogen) atoms. The van der Waals surface area contributed by atoms with E-state index in [1.54, 1.807) is 41.3 Å². The molecule has 180 valence electrons. The van der Waals surface area contributed by atoms with E-state index in [9.17, 15) is 14.4 Å². The average Bonchev–Trinajstić information content (AvgIpc) is 2.88. The first-order valence-electron chi connectivity index (χ1n) is 11.6. The Morgan fingerprint density at radius 1 is 0.743 bits per heavy atom. The molecule has 8 heteroatoms. The highest BCUT2D eigenvalue weighted by Crippen LogP contribution is 2.22. The molecule has 1 aliphatic rings. The van der Waals surface area contributed by atoms with Crippen LogP contribution < -0.4 is 20.7 Å². The van der Waals surface area contributed by atoms with Crippen molar-refractivity contribution in [2.75, 3.05) is 35.6 Å². The van der Waals surface area contributed by atoms with Crippen molar-refractivity contribution in [2.24, 2.45) is 5.92 Å². The zero-order valence-corrected chi connectivity index (χ0v) is 19.3.